The molecule has 1 amide bonds. The van der Waals surface area contributed by atoms with E-state index in [0.717, 1.165) is 12.8 Å². The van der Waals surface area contributed by atoms with Gasteiger partial charge in [-0.15, -0.1) is 0 Å². The van der Waals surface area contributed by atoms with E-state index in [9.17, 15) is 22.4 Å². The van der Waals surface area contributed by atoms with Gasteiger partial charge in [-0.05, 0) is 25.2 Å². The summed E-state index contributed by atoms with van der Waals surface area (Å²) in [6.45, 7) is 2.76. The van der Waals surface area contributed by atoms with Crippen LogP contribution in [0.2, 0.25) is 0 Å². The van der Waals surface area contributed by atoms with Crippen LogP contribution >= 0.6 is 0 Å². The molecule has 0 bridgehead atoms. The number of carbonyl (C=O) groups excluding carboxylic acids is 1. The van der Waals surface area contributed by atoms with Crippen molar-refractivity contribution >= 4 is 11.6 Å². The average molecular weight is 333 g/mol. The fourth-order valence-electron chi connectivity index (χ4n) is 2.76. The van der Waals surface area contributed by atoms with E-state index >= 15 is 0 Å². The first-order valence-electron chi connectivity index (χ1n) is 7.65. The molecule has 0 radical (unpaired) electrons. The second-order valence-corrected chi connectivity index (χ2v) is 5.68. The number of nitrogens with one attached hydrogen (secondary N) is 1. The zero-order chi connectivity index (χ0) is 17.0. The van der Waals surface area contributed by atoms with Gasteiger partial charge in [-0.25, -0.2) is 0 Å². The van der Waals surface area contributed by atoms with Gasteiger partial charge in [-0.2, -0.15) is 22.5 Å². The van der Waals surface area contributed by atoms with Crippen LogP contribution in [0.25, 0.3) is 0 Å². The summed E-state index contributed by atoms with van der Waals surface area (Å²) in [6.07, 6.45) is 2.52. The van der Waals surface area contributed by atoms with Crippen LogP contribution in [0.5, 0.6) is 0 Å². The minimum absolute atomic E-state index is 0.0392. The van der Waals surface area contributed by atoms with Crippen molar-refractivity contribution in [2.24, 2.45) is 5.92 Å². The van der Waals surface area contributed by atoms with Crippen LogP contribution < -0.4 is 10.2 Å². The van der Waals surface area contributed by atoms with Gasteiger partial charge in [0.05, 0.1) is 0 Å². The van der Waals surface area contributed by atoms with Gasteiger partial charge in [0.1, 0.15) is 5.69 Å². The van der Waals surface area contributed by atoms with E-state index in [1.54, 1.807) is 0 Å². The number of rotatable bonds is 5. The number of carbonyl (C=O) groups is 1. The molecular formula is C15H19F4N3O. The summed E-state index contributed by atoms with van der Waals surface area (Å²) in [7, 11) is 0. The predicted molar refractivity (Wildman–Crippen MR) is 76.9 cm³/mol. The van der Waals surface area contributed by atoms with Crippen molar-refractivity contribution in [3.63, 3.8) is 0 Å². The normalized spacial score (nSPS) is 18.1. The molecule has 0 aliphatic carbocycles. The SMILES string of the molecule is CCCC(=O)NCC1CCCN(c2c(F)c(F)nc(F)c2F)C1. The molecule has 2 rings (SSSR count). The molecule has 1 N–H and O–H groups in total. The maximum absolute atomic E-state index is 13.8. The fourth-order valence-corrected chi connectivity index (χ4v) is 2.76. The molecule has 0 spiro atoms. The molecule has 1 atom stereocenters. The molecule has 1 fully saturated rings. The van der Waals surface area contributed by atoms with Crippen LogP contribution in [0.3, 0.4) is 0 Å². The van der Waals surface area contributed by atoms with Gasteiger partial charge in [0.2, 0.25) is 17.5 Å². The number of aromatic nitrogens is 1. The Morgan fingerprint density at radius 1 is 1.26 bits per heavy atom. The molecule has 2 heterocycles. The van der Waals surface area contributed by atoms with E-state index in [0.29, 0.717) is 19.4 Å². The Kier molecular flexibility index (Phi) is 5.79. The van der Waals surface area contributed by atoms with E-state index in [4.69, 9.17) is 0 Å². The molecule has 4 nitrogen and oxygen atoms in total. The third-order valence-electron chi connectivity index (χ3n) is 3.87. The maximum atomic E-state index is 13.8. The number of hydrogen-bond donors (Lipinski definition) is 1. The largest absolute Gasteiger partial charge is 0.366 e. The number of pyridine rings is 1. The van der Waals surface area contributed by atoms with Crippen LogP contribution in [-0.4, -0.2) is 30.5 Å². The standard InChI is InChI=1S/C15H19F4N3O/c1-2-4-10(23)20-7-9-5-3-6-22(8-9)13-11(16)14(18)21-15(19)12(13)17/h9H,2-8H2,1H3,(H,20,23). The summed E-state index contributed by atoms with van der Waals surface area (Å²) in [5.74, 6) is -6.40. The molecule has 1 aliphatic heterocycles. The lowest BCUT2D eigenvalue weighted by Gasteiger charge is -2.34. The van der Waals surface area contributed by atoms with Crippen LogP contribution in [0.4, 0.5) is 23.2 Å². The van der Waals surface area contributed by atoms with Crippen LogP contribution in [-0.2, 0) is 4.79 Å². The number of hydrogen-bond acceptors (Lipinski definition) is 3. The molecule has 1 unspecified atom stereocenters. The van der Waals surface area contributed by atoms with Gasteiger partial charge in [0.25, 0.3) is 11.9 Å². The van der Waals surface area contributed by atoms with Crippen molar-refractivity contribution in [3.8, 4) is 0 Å². The smallest absolute Gasteiger partial charge is 0.253 e. The van der Waals surface area contributed by atoms with E-state index in [2.05, 4.69) is 10.3 Å². The first-order valence-corrected chi connectivity index (χ1v) is 7.65. The highest BCUT2D eigenvalue weighted by atomic mass is 19.2. The summed E-state index contributed by atoms with van der Waals surface area (Å²) in [5, 5.41) is 2.76. The zero-order valence-electron chi connectivity index (χ0n) is 12.8. The van der Waals surface area contributed by atoms with Crippen molar-refractivity contribution in [3.05, 3.63) is 23.5 Å². The van der Waals surface area contributed by atoms with E-state index in [1.807, 2.05) is 6.92 Å². The van der Waals surface area contributed by atoms with Gasteiger partial charge in [0.15, 0.2) is 0 Å². The summed E-state index contributed by atoms with van der Waals surface area (Å²) < 4.78 is 54.1. The Labute approximate surface area is 131 Å². The zero-order valence-corrected chi connectivity index (χ0v) is 12.8. The predicted octanol–water partition coefficient (Wildman–Crippen LogP) is 2.77. The Balaban J connectivity index is 2.08. The fraction of sp³-hybridized carbons (Fsp3) is 0.600. The molecule has 0 saturated carbocycles. The van der Waals surface area contributed by atoms with E-state index in [1.165, 1.54) is 4.90 Å². The van der Waals surface area contributed by atoms with Crippen LogP contribution in [0.15, 0.2) is 0 Å². The van der Waals surface area contributed by atoms with Crippen LogP contribution in [0.1, 0.15) is 32.6 Å². The van der Waals surface area contributed by atoms with Gasteiger partial charge in [0, 0.05) is 26.1 Å². The highest BCUT2D eigenvalue weighted by Gasteiger charge is 2.29. The minimum Gasteiger partial charge on any atom is -0.366 e. The minimum atomic E-state index is -1.66. The Bertz CT molecular complexity index is 556. The molecule has 23 heavy (non-hydrogen) atoms. The number of piperidine rings is 1. The van der Waals surface area contributed by atoms with Gasteiger partial charge in [-0.3, -0.25) is 4.79 Å². The lowest BCUT2D eigenvalue weighted by Crippen LogP contribution is -2.42. The highest BCUT2D eigenvalue weighted by Crippen LogP contribution is 2.30. The molecule has 8 heteroatoms. The molecule has 1 saturated heterocycles. The Morgan fingerprint density at radius 3 is 2.52 bits per heavy atom. The maximum Gasteiger partial charge on any atom is 0.253 e. The summed E-state index contributed by atoms with van der Waals surface area (Å²) in [6, 6.07) is 0. The van der Waals surface area contributed by atoms with E-state index < -0.39 is 29.2 Å². The Morgan fingerprint density at radius 2 is 1.91 bits per heavy atom. The molecule has 0 aromatic carbocycles. The van der Waals surface area contributed by atoms with Crippen LogP contribution in [0, 0.1) is 29.4 Å². The molecule has 1 aromatic rings. The lowest BCUT2D eigenvalue weighted by molar-refractivity contribution is -0.121. The van der Waals surface area contributed by atoms with Crippen molar-refractivity contribution in [2.75, 3.05) is 24.5 Å². The van der Waals surface area contributed by atoms with Crippen molar-refractivity contribution in [1.82, 2.24) is 10.3 Å². The number of amides is 1. The summed E-state index contributed by atoms with van der Waals surface area (Å²) in [5.41, 5.74) is -0.723. The third-order valence-corrected chi connectivity index (χ3v) is 3.87. The summed E-state index contributed by atoms with van der Waals surface area (Å²) >= 11 is 0. The highest BCUT2D eigenvalue weighted by molar-refractivity contribution is 5.75. The first-order chi connectivity index (χ1) is 10.9. The van der Waals surface area contributed by atoms with E-state index in [-0.39, 0.29) is 24.9 Å². The number of anilines is 1. The van der Waals surface area contributed by atoms with Crippen molar-refractivity contribution in [1.29, 1.82) is 0 Å². The molecular weight excluding hydrogens is 314 g/mol. The monoisotopic (exact) mass is 333 g/mol. The quantitative estimate of drug-likeness (QED) is 0.666. The molecule has 1 aromatic heterocycles. The number of halogens is 4. The molecule has 1 aliphatic rings. The van der Waals surface area contributed by atoms with Gasteiger partial charge >= 0.3 is 0 Å². The Hall–Kier alpha value is -1.86. The molecule has 128 valence electrons. The van der Waals surface area contributed by atoms with Crippen molar-refractivity contribution in [2.45, 2.75) is 32.6 Å². The number of nitrogens with zero attached hydrogens (tertiary/aromatic N) is 2. The second-order valence-electron chi connectivity index (χ2n) is 5.68. The lowest BCUT2D eigenvalue weighted by atomic mass is 9.97. The third kappa shape index (κ3) is 4.11. The average Bonchev–Trinajstić information content (AvgIpc) is 2.52. The first kappa shape index (κ1) is 17.5. The topological polar surface area (TPSA) is 45.2 Å². The summed E-state index contributed by atoms with van der Waals surface area (Å²) in [4.78, 5) is 15.3. The van der Waals surface area contributed by atoms with Crippen molar-refractivity contribution < 1.29 is 22.4 Å². The van der Waals surface area contributed by atoms with Gasteiger partial charge < -0.3 is 10.2 Å². The second kappa shape index (κ2) is 7.61. The van der Waals surface area contributed by atoms with Gasteiger partial charge in [-0.1, -0.05) is 6.92 Å².